The second-order valence-corrected chi connectivity index (χ2v) is 4.89. The predicted octanol–water partition coefficient (Wildman–Crippen LogP) is 4.09. The molecule has 1 aromatic heterocycles. The molecular weight excluding hydrogens is 279 g/mol. The van der Waals surface area contributed by atoms with Gasteiger partial charge in [0.1, 0.15) is 17.2 Å². The largest absolute Gasteiger partial charge is 0.459 e. The van der Waals surface area contributed by atoms with Crippen molar-refractivity contribution in [3.05, 3.63) is 71.2 Å². The first-order chi connectivity index (χ1) is 10.0. The Labute approximate surface area is 119 Å². The van der Waals surface area contributed by atoms with E-state index in [1.807, 2.05) is 0 Å². The molecule has 1 unspecified atom stereocenters. The third-order valence-electron chi connectivity index (χ3n) is 3.30. The van der Waals surface area contributed by atoms with Crippen molar-refractivity contribution in [2.75, 3.05) is 0 Å². The summed E-state index contributed by atoms with van der Waals surface area (Å²) in [7, 11) is 0. The summed E-state index contributed by atoms with van der Waals surface area (Å²) >= 11 is 0. The van der Waals surface area contributed by atoms with E-state index in [1.165, 1.54) is 24.3 Å². The summed E-state index contributed by atoms with van der Waals surface area (Å²) in [6.45, 7) is 0. The van der Waals surface area contributed by atoms with Crippen molar-refractivity contribution in [2.45, 2.75) is 12.5 Å². The van der Waals surface area contributed by atoms with Gasteiger partial charge in [-0.2, -0.15) is 0 Å². The van der Waals surface area contributed by atoms with Gasteiger partial charge in [0, 0.05) is 5.39 Å². The van der Waals surface area contributed by atoms with Crippen LogP contribution in [0.4, 0.5) is 13.2 Å². The first-order valence-corrected chi connectivity index (χ1v) is 6.41. The Balaban J connectivity index is 1.85. The van der Waals surface area contributed by atoms with Crippen LogP contribution in [0, 0.1) is 17.5 Å². The molecule has 0 aliphatic rings. The summed E-state index contributed by atoms with van der Waals surface area (Å²) in [5.41, 5.74) is 7.11. The van der Waals surface area contributed by atoms with Crippen LogP contribution in [0.25, 0.3) is 11.0 Å². The van der Waals surface area contributed by atoms with Gasteiger partial charge in [-0.3, -0.25) is 0 Å². The lowest BCUT2D eigenvalue weighted by molar-refractivity contribution is 0.488. The number of nitrogens with two attached hydrogens (primary N) is 1. The van der Waals surface area contributed by atoms with E-state index in [2.05, 4.69) is 0 Å². The van der Waals surface area contributed by atoms with Crippen molar-refractivity contribution in [3.8, 4) is 0 Å². The fraction of sp³-hybridized carbons (Fsp3) is 0.125. The molecule has 0 saturated carbocycles. The van der Waals surface area contributed by atoms with E-state index in [0.717, 1.165) is 12.1 Å². The summed E-state index contributed by atoms with van der Waals surface area (Å²) in [5, 5.41) is 0.616. The smallest absolute Gasteiger partial charge is 0.159 e. The van der Waals surface area contributed by atoms with Crippen molar-refractivity contribution >= 4 is 11.0 Å². The van der Waals surface area contributed by atoms with Crippen LogP contribution < -0.4 is 5.73 Å². The van der Waals surface area contributed by atoms with Crippen molar-refractivity contribution in [2.24, 2.45) is 5.73 Å². The van der Waals surface area contributed by atoms with E-state index in [0.29, 0.717) is 28.7 Å². The Kier molecular flexibility index (Phi) is 3.43. The zero-order valence-corrected chi connectivity index (χ0v) is 10.9. The van der Waals surface area contributed by atoms with Gasteiger partial charge in [-0.05, 0) is 48.4 Å². The van der Waals surface area contributed by atoms with Gasteiger partial charge >= 0.3 is 0 Å². The third kappa shape index (κ3) is 2.78. The topological polar surface area (TPSA) is 39.2 Å². The normalized spacial score (nSPS) is 12.8. The van der Waals surface area contributed by atoms with E-state index in [-0.39, 0.29) is 5.82 Å². The standard InChI is InChI=1S/C16H12F3NO/c17-11-2-4-15-10(7-11)8-16(21-15)14(20)6-9-1-3-12(18)13(19)5-9/h1-5,7-8,14H,6,20H2. The molecule has 2 nitrogen and oxygen atoms in total. The first-order valence-electron chi connectivity index (χ1n) is 6.41. The van der Waals surface area contributed by atoms with Crippen molar-refractivity contribution in [1.82, 2.24) is 0 Å². The van der Waals surface area contributed by atoms with E-state index < -0.39 is 17.7 Å². The van der Waals surface area contributed by atoms with Gasteiger partial charge in [-0.1, -0.05) is 6.07 Å². The number of furan rings is 1. The first kappa shape index (κ1) is 13.7. The molecule has 3 aromatic rings. The zero-order chi connectivity index (χ0) is 15.0. The number of hydrogen-bond acceptors (Lipinski definition) is 2. The average molecular weight is 291 g/mol. The molecule has 1 heterocycles. The molecule has 0 aliphatic heterocycles. The van der Waals surface area contributed by atoms with Crippen LogP contribution in [0.2, 0.25) is 0 Å². The van der Waals surface area contributed by atoms with Gasteiger partial charge in [-0.25, -0.2) is 13.2 Å². The van der Waals surface area contributed by atoms with Gasteiger partial charge in [0.2, 0.25) is 0 Å². The van der Waals surface area contributed by atoms with Crippen molar-refractivity contribution in [1.29, 1.82) is 0 Å². The minimum absolute atomic E-state index is 0.291. The molecule has 0 amide bonds. The summed E-state index contributed by atoms with van der Waals surface area (Å²) < 4.78 is 44.7. The van der Waals surface area contributed by atoms with E-state index >= 15 is 0 Å². The maximum Gasteiger partial charge on any atom is 0.159 e. The second-order valence-electron chi connectivity index (χ2n) is 4.89. The number of halogens is 3. The Morgan fingerprint density at radius 2 is 1.76 bits per heavy atom. The highest BCUT2D eigenvalue weighted by atomic mass is 19.2. The van der Waals surface area contributed by atoms with Crippen LogP contribution >= 0.6 is 0 Å². The summed E-state index contributed by atoms with van der Waals surface area (Å²) in [6.07, 6.45) is 0.291. The quantitative estimate of drug-likeness (QED) is 0.789. The maximum absolute atomic E-state index is 13.2. The molecular formula is C16H12F3NO. The monoisotopic (exact) mass is 291 g/mol. The maximum atomic E-state index is 13.2. The Morgan fingerprint density at radius 3 is 2.52 bits per heavy atom. The molecule has 0 fully saturated rings. The predicted molar refractivity (Wildman–Crippen MR) is 73.2 cm³/mol. The molecule has 0 saturated heterocycles. The number of hydrogen-bond donors (Lipinski definition) is 1. The molecule has 1 atom stereocenters. The molecule has 2 N–H and O–H groups in total. The van der Waals surface area contributed by atoms with Crippen molar-refractivity contribution in [3.63, 3.8) is 0 Å². The van der Waals surface area contributed by atoms with Gasteiger partial charge in [0.15, 0.2) is 11.6 Å². The van der Waals surface area contributed by atoms with Crippen LogP contribution in [0.5, 0.6) is 0 Å². The highest BCUT2D eigenvalue weighted by Gasteiger charge is 2.14. The van der Waals surface area contributed by atoms with Gasteiger partial charge in [0.25, 0.3) is 0 Å². The molecule has 2 aromatic carbocycles. The lowest BCUT2D eigenvalue weighted by atomic mass is 10.0. The van der Waals surface area contributed by atoms with Crippen LogP contribution in [0.15, 0.2) is 46.9 Å². The summed E-state index contributed by atoms with van der Waals surface area (Å²) in [5.74, 6) is -1.69. The van der Waals surface area contributed by atoms with Crippen molar-refractivity contribution < 1.29 is 17.6 Å². The second kappa shape index (κ2) is 5.26. The average Bonchev–Trinajstić information content (AvgIpc) is 2.86. The van der Waals surface area contributed by atoms with Crippen LogP contribution in [0.1, 0.15) is 17.4 Å². The summed E-state index contributed by atoms with van der Waals surface area (Å²) in [4.78, 5) is 0. The number of fused-ring (bicyclic) bond motifs is 1. The number of rotatable bonds is 3. The van der Waals surface area contributed by atoms with Gasteiger partial charge in [0.05, 0.1) is 6.04 Å². The molecule has 21 heavy (non-hydrogen) atoms. The van der Waals surface area contributed by atoms with E-state index in [1.54, 1.807) is 6.07 Å². The molecule has 0 aliphatic carbocycles. The minimum Gasteiger partial charge on any atom is -0.459 e. The van der Waals surface area contributed by atoms with Crippen LogP contribution in [-0.2, 0) is 6.42 Å². The Bertz CT molecular complexity index is 797. The lowest BCUT2D eigenvalue weighted by Crippen LogP contribution is -2.12. The molecule has 5 heteroatoms. The SMILES string of the molecule is NC(Cc1ccc(F)c(F)c1)c1cc2cc(F)ccc2o1. The highest BCUT2D eigenvalue weighted by molar-refractivity contribution is 5.78. The van der Waals surface area contributed by atoms with E-state index in [4.69, 9.17) is 10.2 Å². The highest BCUT2D eigenvalue weighted by Crippen LogP contribution is 2.25. The molecule has 0 spiro atoms. The summed E-state index contributed by atoms with van der Waals surface area (Å²) in [6, 6.07) is 8.96. The molecule has 108 valence electrons. The fourth-order valence-corrected chi connectivity index (χ4v) is 2.24. The van der Waals surface area contributed by atoms with Gasteiger partial charge in [-0.15, -0.1) is 0 Å². The Morgan fingerprint density at radius 1 is 0.952 bits per heavy atom. The number of benzene rings is 2. The van der Waals surface area contributed by atoms with E-state index in [9.17, 15) is 13.2 Å². The fourth-order valence-electron chi connectivity index (χ4n) is 2.24. The molecule has 0 radical (unpaired) electrons. The Hall–Kier alpha value is -2.27. The lowest BCUT2D eigenvalue weighted by Gasteiger charge is -2.08. The zero-order valence-electron chi connectivity index (χ0n) is 10.9. The minimum atomic E-state index is -0.911. The molecule has 0 bridgehead atoms. The third-order valence-corrected chi connectivity index (χ3v) is 3.30. The molecule has 3 rings (SSSR count). The van der Waals surface area contributed by atoms with Crippen LogP contribution in [-0.4, -0.2) is 0 Å². The van der Waals surface area contributed by atoms with Gasteiger partial charge < -0.3 is 10.2 Å². The van der Waals surface area contributed by atoms with Crippen LogP contribution in [0.3, 0.4) is 0 Å².